The van der Waals surface area contributed by atoms with Crippen molar-refractivity contribution in [1.82, 2.24) is 10.2 Å². The molecule has 0 atom stereocenters. The summed E-state index contributed by atoms with van der Waals surface area (Å²) in [5.41, 5.74) is 2.85. The van der Waals surface area contributed by atoms with Crippen molar-refractivity contribution in [2.45, 2.75) is 23.5 Å². The number of carbonyl (C=O) groups excluding carboxylic acids is 1. The molecule has 0 saturated carbocycles. The van der Waals surface area contributed by atoms with E-state index in [9.17, 15) is 4.79 Å². The van der Waals surface area contributed by atoms with Gasteiger partial charge in [0.05, 0.1) is 5.69 Å². The molecule has 5 nitrogen and oxygen atoms in total. The van der Waals surface area contributed by atoms with Crippen molar-refractivity contribution in [3.8, 4) is 11.5 Å². The van der Waals surface area contributed by atoms with Gasteiger partial charge in [-0.05, 0) is 36.9 Å². The summed E-state index contributed by atoms with van der Waals surface area (Å²) in [6.45, 7) is 2.00. The minimum atomic E-state index is -0.0300. The van der Waals surface area contributed by atoms with E-state index in [0.29, 0.717) is 23.3 Å². The lowest BCUT2D eigenvalue weighted by Gasteiger charge is -2.08. The van der Waals surface area contributed by atoms with Gasteiger partial charge in [0.15, 0.2) is 0 Å². The van der Waals surface area contributed by atoms with E-state index in [0.717, 1.165) is 21.7 Å². The van der Waals surface area contributed by atoms with Crippen LogP contribution in [-0.4, -0.2) is 28.1 Å². The van der Waals surface area contributed by atoms with Crippen LogP contribution in [0.5, 0.6) is 0 Å². The topological polar surface area (TPSA) is 68.0 Å². The molecule has 2 aromatic carbocycles. The summed E-state index contributed by atoms with van der Waals surface area (Å²) >= 11 is 2.99. The zero-order valence-electron chi connectivity index (χ0n) is 14.6. The molecule has 1 N–H and O–H groups in total. The van der Waals surface area contributed by atoms with Crippen LogP contribution in [0.2, 0.25) is 0 Å². The number of carbonyl (C=O) groups is 1. The fourth-order valence-corrected chi connectivity index (χ4v) is 3.63. The first kappa shape index (κ1) is 18.5. The molecule has 26 heavy (non-hydrogen) atoms. The number of aromatic nitrogens is 2. The largest absolute Gasteiger partial charge is 0.411 e. The molecule has 0 bridgehead atoms. The molecule has 1 aromatic heterocycles. The van der Waals surface area contributed by atoms with Gasteiger partial charge in [-0.3, -0.25) is 4.79 Å². The standard InChI is InChI=1S/C19H19N3O2S2/c1-13-7-3-4-8-14(13)18-21-22-19(24-18)26-12-11-17(23)20-15-9-5-6-10-16(15)25-2/h3-10H,11-12H2,1-2H3,(H,20,23). The van der Waals surface area contributed by atoms with Gasteiger partial charge >= 0.3 is 0 Å². The number of hydrogen-bond donors (Lipinski definition) is 1. The first-order chi connectivity index (χ1) is 12.7. The smallest absolute Gasteiger partial charge is 0.276 e. The number of thioether (sulfide) groups is 2. The molecule has 1 amide bonds. The Labute approximate surface area is 161 Å². The van der Waals surface area contributed by atoms with Gasteiger partial charge in [0.25, 0.3) is 5.22 Å². The van der Waals surface area contributed by atoms with Crippen LogP contribution in [-0.2, 0) is 4.79 Å². The van der Waals surface area contributed by atoms with E-state index >= 15 is 0 Å². The lowest BCUT2D eigenvalue weighted by molar-refractivity contribution is -0.115. The number of rotatable bonds is 7. The molecular weight excluding hydrogens is 366 g/mol. The van der Waals surface area contributed by atoms with Crippen molar-refractivity contribution in [2.75, 3.05) is 17.3 Å². The van der Waals surface area contributed by atoms with Crippen molar-refractivity contribution in [2.24, 2.45) is 0 Å². The third-order valence-corrected chi connectivity index (χ3v) is 5.33. The van der Waals surface area contributed by atoms with Gasteiger partial charge in [0, 0.05) is 22.6 Å². The van der Waals surface area contributed by atoms with Crippen molar-refractivity contribution < 1.29 is 9.21 Å². The summed E-state index contributed by atoms with van der Waals surface area (Å²) in [6, 6.07) is 15.6. The van der Waals surface area contributed by atoms with Gasteiger partial charge in [0.1, 0.15) is 0 Å². The summed E-state index contributed by atoms with van der Waals surface area (Å²) in [5, 5.41) is 11.6. The number of nitrogens with zero attached hydrogens (tertiary/aromatic N) is 2. The molecule has 1 heterocycles. The van der Waals surface area contributed by atoms with Gasteiger partial charge in [-0.1, -0.05) is 42.1 Å². The third kappa shape index (κ3) is 4.68. The van der Waals surface area contributed by atoms with Crippen LogP contribution in [0.1, 0.15) is 12.0 Å². The molecule has 0 aliphatic rings. The highest BCUT2D eigenvalue weighted by molar-refractivity contribution is 7.99. The summed E-state index contributed by atoms with van der Waals surface area (Å²) < 4.78 is 5.69. The van der Waals surface area contributed by atoms with Gasteiger partial charge < -0.3 is 9.73 Å². The number of amides is 1. The SMILES string of the molecule is CSc1ccccc1NC(=O)CCSc1nnc(-c2ccccc2C)o1. The maximum absolute atomic E-state index is 12.1. The number of hydrogen-bond acceptors (Lipinski definition) is 6. The van der Waals surface area contributed by atoms with Gasteiger partial charge in [-0.25, -0.2) is 0 Å². The Morgan fingerprint density at radius 2 is 1.88 bits per heavy atom. The Kier molecular flexibility index (Phi) is 6.35. The van der Waals surface area contributed by atoms with Crippen LogP contribution in [0.3, 0.4) is 0 Å². The van der Waals surface area contributed by atoms with E-state index in [2.05, 4.69) is 15.5 Å². The molecular formula is C19H19N3O2S2. The summed E-state index contributed by atoms with van der Waals surface area (Å²) in [5.74, 6) is 1.05. The molecule has 0 spiro atoms. The highest BCUT2D eigenvalue weighted by Gasteiger charge is 2.12. The van der Waals surface area contributed by atoms with E-state index in [-0.39, 0.29) is 5.91 Å². The molecule has 0 radical (unpaired) electrons. The number of anilines is 1. The molecule has 0 fully saturated rings. The Bertz CT molecular complexity index is 896. The molecule has 0 saturated heterocycles. The van der Waals surface area contributed by atoms with Crippen molar-refractivity contribution in [3.05, 3.63) is 54.1 Å². The van der Waals surface area contributed by atoms with Gasteiger partial charge in [-0.2, -0.15) is 0 Å². The monoisotopic (exact) mass is 385 g/mol. The second-order valence-electron chi connectivity index (χ2n) is 5.53. The van der Waals surface area contributed by atoms with Crippen LogP contribution in [0.25, 0.3) is 11.5 Å². The average Bonchev–Trinajstić information content (AvgIpc) is 3.11. The Morgan fingerprint density at radius 3 is 2.69 bits per heavy atom. The van der Waals surface area contributed by atoms with E-state index in [1.165, 1.54) is 11.8 Å². The van der Waals surface area contributed by atoms with Gasteiger partial charge in [-0.15, -0.1) is 22.0 Å². The Hall–Kier alpha value is -2.25. The maximum atomic E-state index is 12.1. The maximum Gasteiger partial charge on any atom is 0.276 e. The quantitative estimate of drug-likeness (QED) is 0.584. The minimum Gasteiger partial charge on any atom is -0.411 e. The number of aryl methyl sites for hydroxylation is 1. The number of para-hydroxylation sites is 1. The first-order valence-corrected chi connectivity index (χ1v) is 10.3. The highest BCUT2D eigenvalue weighted by atomic mass is 32.2. The van der Waals surface area contributed by atoms with E-state index < -0.39 is 0 Å². The van der Waals surface area contributed by atoms with Crippen molar-refractivity contribution >= 4 is 35.1 Å². The van der Waals surface area contributed by atoms with Crippen molar-refractivity contribution in [1.29, 1.82) is 0 Å². The number of nitrogens with one attached hydrogen (secondary N) is 1. The van der Waals surface area contributed by atoms with E-state index in [4.69, 9.17) is 4.42 Å². The van der Waals surface area contributed by atoms with Crippen molar-refractivity contribution in [3.63, 3.8) is 0 Å². The molecule has 7 heteroatoms. The summed E-state index contributed by atoms with van der Waals surface area (Å²) in [4.78, 5) is 13.2. The predicted octanol–water partition coefficient (Wildman–Crippen LogP) is 4.89. The lowest BCUT2D eigenvalue weighted by atomic mass is 10.1. The molecule has 3 aromatic rings. The molecule has 134 valence electrons. The van der Waals surface area contributed by atoms with E-state index in [1.807, 2.05) is 61.7 Å². The van der Waals surface area contributed by atoms with Crippen LogP contribution in [0.4, 0.5) is 5.69 Å². The van der Waals surface area contributed by atoms with E-state index in [1.54, 1.807) is 11.8 Å². The van der Waals surface area contributed by atoms with Crippen LogP contribution >= 0.6 is 23.5 Å². The fourth-order valence-electron chi connectivity index (χ4n) is 2.38. The van der Waals surface area contributed by atoms with Crippen LogP contribution in [0.15, 0.2) is 63.1 Å². The molecule has 0 aliphatic carbocycles. The second-order valence-corrected chi connectivity index (χ2v) is 7.43. The zero-order valence-corrected chi connectivity index (χ0v) is 16.2. The lowest BCUT2D eigenvalue weighted by Crippen LogP contribution is -2.12. The molecule has 0 unspecified atom stereocenters. The number of benzene rings is 2. The Morgan fingerprint density at radius 1 is 1.12 bits per heavy atom. The van der Waals surface area contributed by atoms with Crippen LogP contribution in [0, 0.1) is 6.92 Å². The highest BCUT2D eigenvalue weighted by Crippen LogP contribution is 2.27. The molecule has 3 rings (SSSR count). The Balaban J connectivity index is 1.52. The third-order valence-electron chi connectivity index (χ3n) is 3.72. The normalized spacial score (nSPS) is 10.7. The minimum absolute atomic E-state index is 0.0300. The predicted molar refractivity (Wildman–Crippen MR) is 107 cm³/mol. The van der Waals surface area contributed by atoms with Crippen LogP contribution < -0.4 is 5.32 Å². The summed E-state index contributed by atoms with van der Waals surface area (Å²) in [6.07, 6.45) is 2.36. The fraction of sp³-hybridized carbons (Fsp3) is 0.211. The first-order valence-electron chi connectivity index (χ1n) is 8.12. The zero-order chi connectivity index (χ0) is 18.4. The molecule has 0 aliphatic heterocycles. The van der Waals surface area contributed by atoms with Gasteiger partial charge in [0.2, 0.25) is 11.8 Å². The second kappa shape index (κ2) is 8.91. The summed E-state index contributed by atoms with van der Waals surface area (Å²) in [7, 11) is 0. The average molecular weight is 386 g/mol.